The Bertz CT molecular complexity index is 577. The lowest BCUT2D eigenvalue weighted by Crippen LogP contribution is -2.50. The van der Waals surface area contributed by atoms with Crippen LogP contribution in [-0.4, -0.2) is 65.6 Å². The maximum Gasteiger partial charge on any atom is 0.410 e. The highest BCUT2D eigenvalue weighted by Gasteiger charge is 2.26. The zero-order valence-corrected chi connectivity index (χ0v) is 15.9. The van der Waals surface area contributed by atoms with E-state index in [2.05, 4.69) is 4.90 Å². The Morgan fingerprint density at radius 3 is 2.23 bits per heavy atom. The molecule has 26 heavy (non-hydrogen) atoms. The van der Waals surface area contributed by atoms with Crippen LogP contribution in [0, 0.1) is 0 Å². The second-order valence-electron chi connectivity index (χ2n) is 7.64. The van der Waals surface area contributed by atoms with E-state index in [9.17, 15) is 15.0 Å². The van der Waals surface area contributed by atoms with Crippen molar-refractivity contribution in [2.75, 3.05) is 37.6 Å². The first-order valence-corrected chi connectivity index (χ1v) is 9.10. The first-order valence-electron chi connectivity index (χ1n) is 9.10. The number of amides is 1. The summed E-state index contributed by atoms with van der Waals surface area (Å²) in [4.78, 5) is 16.0. The highest BCUT2D eigenvalue weighted by molar-refractivity contribution is 5.68. The first kappa shape index (κ1) is 20.5. The minimum absolute atomic E-state index is 0.274. The normalized spacial score (nSPS) is 17.8. The van der Waals surface area contributed by atoms with Crippen LogP contribution >= 0.6 is 0 Å². The second-order valence-corrected chi connectivity index (χ2v) is 7.64. The van der Waals surface area contributed by atoms with E-state index in [4.69, 9.17) is 10.5 Å². The van der Waals surface area contributed by atoms with Crippen LogP contribution < -0.4 is 10.6 Å². The van der Waals surface area contributed by atoms with Gasteiger partial charge in [-0.25, -0.2) is 4.79 Å². The van der Waals surface area contributed by atoms with E-state index in [1.165, 1.54) is 0 Å². The Morgan fingerprint density at radius 1 is 1.15 bits per heavy atom. The number of benzene rings is 1. The van der Waals surface area contributed by atoms with Crippen LogP contribution in [-0.2, 0) is 4.74 Å². The third-order valence-electron chi connectivity index (χ3n) is 4.36. The smallest absolute Gasteiger partial charge is 0.410 e. The van der Waals surface area contributed by atoms with Crippen LogP contribution in [0.5, 0.6) is 0 Å². The molecular weight excluding hydrogens is 334 g/mol. The molecule has 0 saturated carbocycles. The van der Waals surface area contributed by atoms with Crippen molar-refractivity contribution in [1.29, 1.82) is 0 Å². The maximum atomic E-state index is 12.1. The Hall–Kier alpha value is -1.83. The first-order chi connectivity index (χ1) is 12.2. The van der Waals surface area contributed by atoms with Crippen LogP contribution in [0.4, 0.5) is 10.5 Å². The minimum atomic E-state index is -0.934. The molecule has 1 aliphatic heterocycles. The second kappa shape index (κ2) is 8.70. The summed E-state index contributed by atoms with van der Waals surface area (Å²) in [5.41, 5.74) is 6.63. The molecule has 2 atom stereocenters. The van der Waals surface area contributed by atoms with Gasteiger partial charge in [0.25, 0.3) is 0 Å². The number of nitrogens with zero attached hydrogens (tertiary/aromatic N) is 2. The van der Waals surface area contributed by atoms with Gasteiger partial charge in [0.2, 0.25) is 0 Å². The van der Waals surface area contributed by atoms with Crippen molar-refractivity contribution in [3.05, 3.63) is 29.8 Å². The molecule has 0 radical (unpaired) electrons. The monoisotopic (exact) mass is 365 g/mol. The summed E-state index contributed by atoms with van der Waals surface area (Å²) in [5.74, 6) is 0. The van der Waals surface area contributed by atoms with Gasteiger partial charge in [0.1, 0.15) is 11.7 Å². The topological polar surface area (TPSA) is 99.3 Å². The molecule has 1 aliphatic rings. The fraction of sp³-hybridized carbons (Fsp3) is 0.632. The molecule has 0 spiro atoms. The van der Waals surface area contributed by atoms with Gasteiger partial charge < -0.3 is 30.5 Å². The number of aliphatic hydroxyl groups excluding tert-OH is 2. The lowest BCUT2D eigenvalue weighted by molar-refractivity contribution is 0.0150. The molecule has 4 N–H and O–H groups in total. The number of ether oxygens (including phenoxy) is 1. The number of anilines is 1. The highest BCUT2D eigenvalue weighted by Crippen LogP contribution is 2.23. The molecule has 2 rings (SSSR count). The molecule has 1 heterocycles. The maximum absolute atomic E-state index is 12.1. The third-order valence-corrected chi connectivity index (χ3v) is 4.36. The van der Waals surface area contributed by atoms with E-state index in [1.54, 1.807) is 4.90 Å². The Balaban J connectivity index is 1.90. The van der Waals surface area contributed by atoms with Crippen molar-refractivity contribution in [3.8, 4) is 0 Å². The predicted molar refractivity (Wildman–Crippen MR) is 101 cm³/mol. The van der Waals surface area contributed by atoms with Crippen LogP contribution in [0.1, 0.15) is 38.9 Å². The molecule has 1 fully saturated rings. The summed E-state index contributed by atoms with van der Waals surface area (Å²) in [7, 11) is 0. The average molecular weight is 365 g/mol. The molecule has 0 aromatic heterocycles. The van der Waals surface area contributed by atoms with Gasteiger partial charge in [-0.1, -0.05) is 12.1 Å². The minimum Gasteiger partial charge on any atom is -0.444 e. The number of hydrogen-bond donors (Lipinski definition) is 3. The summed E-state index contributed by atoms with van der Waals surface area (Å²) in [6, 6.07) is 7.49. The van der Waals surface area contributed by atoms with E-state index >= 15 is 0 Å². The molecule has 1 aromatic carbocycles. The van der Waals surface area contributed by atoms with Crippen molar-refractivity contribution >= 4 is 11.8 Å². The number of rotatable bonds is 5. The lowest BCUT2D eigenvalue weighted by Gasteiger charge is -2.36. The SMILES string of the molecule is CC(C)(C)OC(=O)N1CCN(c2ccc(C(O)C(O)CCN)cc2)CC1. The number of piperazine rings is 1. The standard InChI is InChI=1S/C19H31N3O4/c1-19(2,3)26-18(25)22-12-10-21(11-13-22)15-6-4-14(5-7-15)17(24)16(23)8-9-20/h4-7,16-17,23-24H,8-13,20H2,1-3H3. The van der Waals surface area contributed by atoms with E-state index in [-0.39, 0.29) is 6.09 Å². The molecule has 7 nitrogen and oxygen atoms in total. The summed E-state index contributed by atoms with van der Waals surface area (Å²) in [6.07, 6.45) is -1.71. The Morgan fingerprint density at radius 2 is 1.73 bits per heavy atom. The largest absolute Gasteiger partial charge is 0.444 e. The van der Waals surface area contributed by atoms with Gasteiger partial charge in [0.05, 0.1) is 6.10 Å². The average Bonchev–Trinajstić information content (AvgIpc) is 2.60. The van der Waals surface area contributed by atoms with Gasteiger partial charge in [0.15, 0.2) is 0 Å². The van der Waals surface area contributed by atoms with Crippen molar-refractivity contribution in [2.24, 2.45) is 5.73 Å². The summed E-state index contributed by atoms with van der Waals surface area (Å²) < 4.78 is 5.41. The number of carbonyl (C=O) groups is 1. The Labute approximate surface area is 155 Å². The van der Waals surface area contributed by atoms with Crippen LogP contribution in [0.25, 0.3) is 0 Å². The predicted octanol–water partition coefficient (Wildman–Crippen LogP) is 1.49. The summed E-state index contributed by atoms with van der Waals surface area (Å²) in [6.45, 7) is 8.57. The third kappa shape index (κ3) is 5.59. The molecule has 1 aromatic rings. The van der Waals surface area contributed by atoms with Crippen LogP contribution in [0.3, 0.4) is 0 Å². The van der Waals surface area contributed by atoms with Gasteiger partial charge in [-0.3, -0.25) is 0 Å². The fourth-order valence-corrected chi connectivity index (χ4v) is 2.91. The van der Waals surface area contributed by atoms with Gasteiger partial charge >= 0.3 is 6.09 Å². The molecule has 7 heteroatoms. The van der Waals surface area contributed by atoms with Gasteiger partial charge in [-0.05, 0) is 51.4 Å². The van der Waals surface area contributed by atoms with Crippen molar-refractivity contribution in [1.82, 2.24) is 4.90 Å². The zero-order valence-electron chi connectivity index (χ0n) is 15.9. The van der Waals surface area contributed by atoms with E-state index in [0.717, 1.165) is 18.8 Å². The van der Waals surface area contributed by atoms with Crippen LogP contribution in [0.15, 0.2) is 24.3 Å². The molecule has 0 aliphatic carbocycles. The van der Waals surface area contributed by atoms with E-state index < -0.39 is 17.8 Å². The number of aliphatic hydroxyl groups is 2. The van der Waals surface area contributed by atoms with Gasteiger partial charge in [-0.2, -0.15) is 0 Å². The van der Waals surface area contributed by atoms with Crippen LogP contribution in [0.2, 0.25) is 0 Å². The summed E-state index contributed by atoms with van der Waals surface area (Å²) >= 11 is 0. The van der Waals surface area contributed by atoms with Crippen molar-refractivity contribution in [3.63, 3.8) is 0 Å². The van der Waals surface area contributed by atoms with E-state index in [0.29, 0.717) is 31.6 Å². The van der Waals surface area contributed by atoms with Gasteiger partial charge in [0, 0.05) is 31.9 Å². The molecule has 2 unspecified atom stereocenters. The lowest BCUT2D eigenvalue weighted by atomic mass is 10.0. The number of carbonyl (C=O) groups excluding carboxylic acids is 1. The quantitative estimate of drug-likeness (QED) is 0.731. The highest BCUT2D eigenvalue weighted by atomic mass is 16.6. The van der Waals surface area contributed by atoms with Gasteiger partial charge in [-0.15, -0.1) is 0 Å². The van der Waals surface area contributed by atoms with E-state index in [1.807, 2.05) is 45.0 Å². The molecule has 0 bridgehead atoms. The molecule has 146 valence electrons. The van der Waals surface area contributed by atoms with Crippen molar-refractivity contribution < 1.29 is 19.7 Å². The molecule has 1 saturated heterocycles. The fourth-order valence-electron chi connectivity index (χ4n) is 2.91. The molecule has 1 amide bonds. The molecular formula is C19H31N3O4. The number of nitrogens with two attached hydrogens (primary N) is 1. The Kier molecular flexibility index (Phi) is 6.86. The van der Waals surface area contributed by atoms with Crippen molar-refractivity contribution in [2.45, 2.75) is 45.0 Å². The number of hydrogen-bond acceptors (Lipinski definition) is 6. The summed E-state index contributed by atoms with van der Waals surface area (Å²) in [5, 5.41) is 20.0. The zero-order chi connectivity index (χ0) is 19.3.